The topological polar surface area (TPSA) is 81.4 Å². The fraction of sp³-hybridized carbons (Fsp3) is 0.278. The van der Waals surface area contributed by atoms with Gasteiger partial charge in [-0.2, -0.15) is 18.4 Å². The zero-order valence-corrected chi connectivity index (χ0v) is 16.2. The molecule has 0 spiro atoms. The van der Waals surface area contributed by atoms with Crippen LogP contribution in [0.3, 0.4) is 0 Å². The summed E-state index contributed by atoms with van der Waals surface area (Å²) >= 11 is 6.21. The van der Waals surface area contributed by atoms with Gasteiger partial charge < -0.3 is 10.0 Å². The summed E-state index contributed by atoms with van der Waals surface area (Å²) in [5.74, 6) is -0.601. The molecule has 3 rings (SSSR count). The van der Waals surface area contributed by atoms with Crippen molar-refractivity contribution < 1.29 is 31.1 Å². The molecule has 0 bridgehead atoms. The van der Waals surface area contributed by atoms with Crippen LogP contribution in [-0.4, -0.2) is 25.6 Å². The summed E-state index contributed by atoms with van der Waals surface area (Å²) in [5.41, 5.74) is -5.19. The summed E-state index contributed by atoms with van der Waals surface area (Å²) in [6.07, 6.45) is 1.01. The Morgan fingerprint density at radius 3 is 2.55 bits per heavy atom. The van der Waals surface area contributed by atoms with Crippen molar-refractivity contribution in [1.29, 1.82) is 5.26 Å². The third-order valence-corrected chi connectivity index (χ3v) is 6.59. The van der Waals surface area contributed by atoms with Crippen molar-refractivity contribution >= 4 is 32.8 Å². The lowest BCUT2D eigenvalue weighted by Gasteiger charge is -2.33. The molecule has 5 nitrogen and oxygen atoms in total. The van der Waals surface area contributed by atoms with E-state index in [9.17, 15) is 36.3 Å². The minimum absolute atomic E-state index is 0.00769. The molecular weight excluding hydrogens is 436 g/mol. The molecule has 0 amide bonds. The molecule has 1 aliphatic rings. The number of halogens is 5. The smallest absolute Gasteiger partial charge is 0.392 e. The molecule has 0 saturated carbocycles. The van der Waals surface area contributed by atoms with Crippen LogP contribution in [0.25, 0.3) is 0 Å². The molecule has 2 aromatic rings. The minimum Gasteiger partial charge on any atom is -0.392 e. The molecule has 0 atom stereocenters. The van der Waals surface area contributed by atoms with Crippen LogP contribution < -0.4 is 4.90 Å². The number of aryl methyl sites for hydroxylation is 1. The van der Waals surface area contributed by atoms with Crippen LogP contribution in [0.2, 0.25) is 5.02 Å². The lowest BCUT2D eigenvalue weighted by molar-refractivity contribution is -0.0436. The highest BCUT2D eigenvalue weighted by molar-refractivity contribution is 7.92. The van der Waals surface area contributed by atoms with Crippen molar-refractivity contribution in [3.05, 3.63) is 51.8 Å². The lowest BCUT2D eigenvalue weighted by atomic mass is 9.97. The minimum atomic E-state index is -5.73. The number of hydrogen-bond donors (Lipinski definition) is 1. The molecule has 0 unspecified atom stereocenters. The van der Waals surface area contributed by atoms with E-state index in [0.29, 0.717) is 30.6 Å². The van der Waals surface area contributed by atoms with Crippen LogP contribution >= 0.6 is 11.6 Å². The predicted octanol–water partition coefficient (Wildman–Crippen LogP) is 4.22. The number of anilines is 2. The number of alkyl halides is 3. The van der Waals surface area contributed by atoms with E-state index in [2.05, 4.69) is 0 Å². The zero-order chi connectivity index (χ0) is 21.6. The Hall–Kier alpha value is -2.35. The van der Waals surface area contributed by atoms with E-state index < -0.39 is 38.2 Å². The molecular formula is C18H13ClF4N2O3S. The number of nitrogens with zero attached hydrogens (tertiary/aromatic N) is 2. The quantitative estimate of drug-likeness (QED) is 0.711. The molecule has 0 saturated heterocycles. The van der Waals surface area contributed by atoms with Crippen LogP contribution in [-0.2, 0) is 22.9 Å². The Labute approximate surface area is 168 Å². The molecule has 1 N–H and O–H groups in total. The van der Waals surface area contributed by atoms with Crippen molar-refractivity contribution in [2.45, 2.75) is 29.9 Å². The van der Waals surface area contributed by atoms with E-state index in [1.54, 1.807) is 0 Å². The standard InChI is InChI=1S/C18H13ClF4N2O3S/c19-16-13(9-26)15(29(27,28)18(21,22)23)4-3-14(16)25-5-1-2-10-6-12(20)7-11(8-24)17(10)25/h3-4,6-7,26H,1-2,5,9H2. The van der Waals surface area contributed by atoms with E-state index in [4.69, 9.17) is 11.6 Å². The number of sulfone groups is 1. The van der Waals surface area contributed by atoms with E-state index in [1.807, 2.05) is 6.07 Å². The fourth-order valence-corrected chi connectivity index (χ4v) is 4.72. The first kappa shape index (κ1) is 21.4. The molecule has 154 valence electrons. The summed E-state index contributed by atoms with van der Waals surface area (Å²) in [4.78, 5) is 0.376. The summed E-state index contributed by atoms with van der Waals surface area (Å²) in [5, 5.41) is 18.5. The second-order valence-electron chi connectivity index (χ2n) is 6.31. The lowest BCUT2D eigenvalue weighted by Crippen LogP contribution is -2.27. The number of benzene rings is 2. The van der Waals surface area contributed by atoms with Crippen LogP contribution in [0.5, 0.6) is 0 Å². The second kappa shape index (κ2) is 7.48. The molecule has 1 aliphatic heterocycles. The summed E-state index contributed by atoms with van der Waals surface area (Å²) < 4.78 is 76.3. The number of rotatable bonds is 3. The van der Waals surface area contributed by atoms with Gasteiger partial charge in [0.1, 0.15) is 11.9 Å². The molecule has 0 fully saturated rings. The number of hydrogen-bond acceptors (Lipinski definition) is 5. The van der Waals surface area contributed by atoms with Crippen molar-refractivity contribution in [2.24, 2.45) is 0 Å². The second-order valence-corrected chi connectivity index (χ2v) is 8.60. The monoisotopic (exact) mass is 448 g/mol. The number of aliphatic hydroxyl groups is 1. The predicted molar refractivity (Wildman–Crippen MR) is 97.1 cm³/mol. The third kappa shape index (κ3) is 3.54. The Bertz CT molecular complexity index is 1130. The Morgan fingerprint density at radius 2 is 1.97 bits per heavy atom. The molecule has 0 aromatic heterocycles. The van der Waals surface area contributed by atoms with Gasteiger partial charge in [-0.1, -0.05) is 11.6 Å². The third-order valence-electron chi connectivity index (χ3n) is 4.59. The van der Waals surface area contributed by atoms with Crippen LogP contribution in [0.15, 0.2) is 29.2 Å². The van der Waals surface area contributed by atoms with Crippen molar-refractivity contribution in [3.8, 4) is 6.07 Å². The SMILES string of the molecule is N#Cc1cc(F)cc2c1N(c1ccc(S(=O)(=O)C(F)(F)F)c(CO)c1Cl)CCC2. The Kier molecular flexibility index (Phi) is 5.51. The van der Waals surface area contributed by atoms with Crippen molar-refractivity contribution in [1.82, 2.24) is 0 Å². The van der Waals surface area contributed by atoms with Crippen molar-refractivity contribution in [2.75, 3.05) is 11.4 Å². The normalized spacial score (nSPS) is 14.4. The first-order chi connectivity index (χ1) is 13.5. The Balaban J connectivity index is 2.23. The van der Waals surface area contributed by atoms with Gasteiger partial charge in [-0.15, -0.1) is 0 Å². The van der Waals surface area contributed by atoms with Gasteiger partial charge in [-0.05, 0) is 42.7 Å². The fourth-order valence-electron chi connectivity index (χ4n) is 3.35. The highest BCUT2D eigenvalue weighted by Gasteiger charge is 2.48. The zero-order valence-electron chi connectivity index (χ0n) is 14.6. The van der Waals surface area contributed by atoms with Gasteiger partial charge in [0, 0.05) is 12.1 Å². The molecule has 11 heteroatoms. The maximum atomic E-state index is 13.8. The number of nitriles is 1. The highest BCUT2D eigenvalue weighted by atomic mass is 35.5. The first-order valence-electron chi connectivity index (χ1n) is 8.26. The van der Waals surface area contributed by atoms with E-state index in [1.165, 1.54) is 11.0 Å². The average molecular weight is 449 g/mol. The van der Waals surface area contributed by atoms with Gasteiger partial charge in [-0.3, -0.25) is 0 Å². The average Bonchev–Trinajstić information content (AvgIpc) is 2.65. The highest BCUT2D eigenvalue weighted by Crippen LogP contribution is 2.43. The summed E-state index contributed by atoms with van der Waals surface area (Å²) in [6, 6.07) is 5.97. The number of fused-ring (bicyclic) bond motifs is 1. The van der Waals surface area contributed by atoms with Crippen molar-refractivity contribution in [3.63, 3.8) is 0 Å². The molecule has 29 heavy (non-hydrogen) atoms. The van der Waals surface area contributed by atoms with Crippen LogP contribution in [0, 0.1) is 17.1 Å². The van der Waals surface area contributed by atoms with Gasteiger partial charge in [0.15, 0.2) is 0 Å². The first-order valence-corrected chi connectivity index (χ1v) is 10.1. The van der Waals surface area contributed by atoms with Crippen LogP contribution in [0.4, 0.5) is 28.9 Å². The van der Waals surface area contributed by atoms with Gasteiger partial charge in [-0.25, -0.2) is 12.8 Å². The van der Waals surface area contributed by atoms with Gasteiger partial charge in [0.2, 0.25) is 0 Å². The van der Waals surface area contributed by atoms with Gasteiger partial charge in [0.25, 0.3) is 9.84 Å². The summed E-state index contributed by atoms with van der Waals surface area (Å²) in [7, 11) is -5.73. The van der Waals surface area contributed by atoms with E-state index in [0.717, 1.165) is 18.2 Å². The Morgan fingerprint density at radius 1 is 1.28 bits per heavy atom. The molecule has 1 heterocycles. The van der Waals surface area contributed by atoms with E-state index in [-0.39, 0.29) is 16.3 Å². The maximum Gasteiger partial charge on any atom is 0.501 e. The molecule has 2 aromatic carbocycles. The molecule has 0 aliphatic carbocycles. The summed E-state index contributed by atoms with van der Waals surface area (Å²) in [6.45, 7) is -0.740. The van der Waals surface area contributed by atoms with E-state index >= 15 is 0 Å². The number of aliphatic hydroxyl groups excluding tert-OH is 1. The largest absolute Gasteiger partial charge is 0.501 e. The maximum absolute atomic E-state index is 13.8. The van der Waals surface area contributed by atoms with Gasteiger partial charge in [0.05, 0.1) is 33.5 Å². The van der Waals surface area contributed by atoms with Gasteiger partial charge >= 0.3 is 5.51 Å². The van der Waals surface area contributed by atoms with Crippen LogP contribution in [0.1, 0.15) is 23.1 Å². The molecule has 0 radical (unpaired) electrons.